The minimum atomic E-state index is 0.946. The quantitative estimate of drug-likeness (QED) is 0.228. The average Bonchev–Trinajstić information content (AvgIpc) is 3.60. The fourth-order valence-corrected chi connectivity index (χ4v) is 7.18. The molecule has 8 aromatic rings. The molecule has 0 fully saturated rings. The van der Waals surface area contributed by atoms with Gasteiger partial charge in [-0.1, -0.05) is 60.7 Å². The van der Waals surface area contributed by atoms with E-state index in [1.807, 2.05) is 17.5 Å². The zero-order valence-electron chi connectivity index (χ0n) is 21.7. The molecule has 4 aromatic carbocycles. The van der Waals surface area contributed by atoms with Crippen LogP contribution in [0.5, 0.6) is 0 Å². The Labute approximate surface area is 229 Å². The predicted octanol–water partition coefficient (Wildman–Crippen LogP) is 9.83. The van der Waals surface area contributed by atoms with Crippen LogP contribution >= 0.6 is 11.3 Å². The van der Waals surface area contributed by atoms with Crippen LogP contribution in [-0.2, 0) is 0 Å². The SMILES string of the molecule is C/C=C\c1c(C)c2ccccc2n1-c1ccc2sc3cnc(-n4c5ccccc5c5ccccc54)cc3c2c1. The van der Waals surface area contributed by atoms with Crippen LogP contribution in [0.1, 0.15) is 18.2 Å². The summed E-state index contributed by atoms with van der Waals surface area (Å²) in [6.07, 6.45) is 6.38. The van der Waals surface area contributed by atoms with Crippen molar-refractivity contribution in [1.29, 1.82) is 0 Å². The molecular formula is C35H25N3S. The monoisotopic (exact) mass is 519 g/mol. The van der Waals surface area contributed by atoms with Crippen LogP contribution in [0.25, 0.3) is 70.5 Å². The molecule has 0 amide bonds. The van der Waals surface area contributed by atoms with Crippen molar-refractivity contribution in [2.75, 3.05) is 0 Å². The number of allylic oxidation sites excluding steroid dienone is 1. The molecule has 0 unspecified atom stereocenters. The minimum Gasteiger partial charge on any atom is -0.310 e. The Bertz CT molecular complexity index is 2200. The normalized spacial score (nSPS) is 12.3. The van der Waals surface area contributed by atoms with Gasteiger partial charge in [0.15, 0.2) is 0 Å². The van der Waals surface area contributed by atoms with Gasteiger partial charge < -0.3 is 4.57 Å². The maximum absolute atomic E-state index is 4.97. The number of benzene rings is 4. The maximum atomic E-state index is 4.97. The van der Waals surface area contributed by atoms with Crippen LogP contribution in [-0.4, -0.2) is 14.1 Å². The molecule has 0 bridgehead atoms. The van der Waals surface area contributed by atoms with E-state index in [1.165, 1.54) is 69.8 Å². The average molecular weight is 520 g/mol. The number of rotatable bonds is 3. The zero-order chi connectivity index (χ0) is 26.1. The Hall–Kier alpha value is -4.67. The Morgan fingerprint density at radius 1 is 0.641 bits per heavy atom. The van der Waals surface area contributed by atoms with Gasteiger partial charge in [-0.05, 0) is 68.0 Å². The maximum Gasteiger partial charge on any atom is 0.138 e. The molecule has 0 saturated carbocycles. The number of para-hydroxylation sites is 3. The molecule has 0 atom stereocenters. The van der Waals surface area contributed by atoms with Gasteiger partial charge in [0.25, 0.3) is 0 Å². The fourth-order valence-electron chi connectivity index (χ4n) is 6.15. The van der Waals surface area contributed by atoms with Crippen molar-refractivity contribution in [3.8, 4) is 11.5 Å². The largest absolute Gasteiger partial charge is 0.310 e. The van der Waals surface area contributed by atoms with Crippen molar-refractivity contribution in [3.05, 3.63) is 121 Å². The summed E-state index contributed by atoms with van der Waals surface area (Å²) in [4.78, 5) is 4.97. The van der Waals surface area contributed by atoms with E-state index in [-0.39, 0.29) is 0 Å². The number of aromatic nitrogens is 3. The first kappa shape index (κ1) is 22.3. The number of thiophene rings is 1. The van der Waals surface area contributed by atoms with E-state index in [1.54, 1.807) is 0 Å². The molecule has 186 valence electrons. The zero-order valence-corrected chi connectivity index (χ0v) is 22.5. The van der Waals surface area contributed by atoms with E-state index in [0.29, 0.717) is 0 Å². The van der Waals surface area contributed by atoms with Gasteiger partial charge in [-0.3, -0.25) is 4.57 Å². The first-order valence-corrected chi connectivity index (χ1v) is 14.1. The number of hydrogen-bond donors (Lipinski definition) is 0. The molecule has 4 heterocycles. The van der Waals surface area contributed by atoms with Gasteiger partial charge in [0.05, 0.1) is 21.3 Å². The van der Waals surface area contributed by atoms with E-state index in [2.05, 4.69) is 132 Å². The van der Waals surface area contributed by atoms with Gasteiger partial charge in [-0.2, -0.15) is 0 Å². The van der Waals surface area contributed by atoms with Crippen LogP contribution in [0, 0.1) is 6.92 Å². The van der Waals surface area contributed by atoms with Crippen molar-refractivity contribution in [3.63, 3.8) is 0 Å². The second-order valence-corrected chi connectivity index (χ2v) is 11.1. The molecule has 0 spiro atoms. The number of hydrogen-bond acceptors (Lipinski definition) is 2. The molecule has 4 heteroatoms. The third-order valence-corrected chi connectivity index (χ3v) is 9.01. The highest BCUT2D eigenvalue weighted by Crippen LogP contribution is 2.39. The molecular weight excluding hydrogens is 494 g/mol. The van der Waals surface area contributed by atoms with Gasteiger partial charge in [-0.15, -0.1) is 11.3 Å². The topological polar surface area (TPSA) is 22.8 Å². The van der Waals surface area contributed by atoms with Crippen LogP contribution in [0.2, 0.25) is 0 Å². The number of nitrogens with zero attached hydrogens (tertiary/aromatic N) is 3. The fraction of sp³-hybridized carbons (Fsp3) is 0.0571. The molecule has 4 aromatic heterocycles. The van der Waals surface area contributed by atoms with Crippen molar-refractivity contribution in [2.45, 2.75) is 13.8 Å². The summed E-state index contributed by atoms with van der Waals surface area (Å²) >= 11 is 1.81. The Morgan fingerprint density at radius 2 is 1.26 bits per heavy atom. The second kappa shape index (κ2) is 8.42. The molecule has 3 nitrogen and oxygen atoms in total. The minimum absolute atomic E-state index is 0.946. The molecule has 0 aliphatic rings. The lowest BCUT2D eigenvalue weighted by molar-refractivity contribution is 1.09. The highest BCUT2D eigenvalue weighted by molar-refractivity contribution is 7.25. The van der Waals surface area contributed by atoms with Gasteiger partial charge in [0, 0.05) is 49.2 Å². The highest BCUT2D eigenvalue weighted by atomic mass is 32.1. The predicted molar refractivity (Wildman–Crippen MR) is 168 cm³/mol. The van der Waals surface area contributed by atoms with Gasteiger partial charge in [0.1, 0.15) is 5.82 Å². The van der Waals surface area contributed by atoms with Crippen LogP contribution in [0.15, 0.2) is 109 Å². The molecule has 0 aliphatic carbocycles. The lowest BCUT2D eigenvalue weighted by Crippen LogP contribution is -1.97. The highest BCUT2D eigenvalue weighted by Gasteiger charge is 2.17. The summed E-state index contributed by atoms with van der Waals surface area (Å²) in [5.74, 6) is 0.946. The van der Waals surface area contributed by atoms with Gasteiger partial charge >= 0.3 is 0 Å². The Balaban J connectivity index is 1.40. The summed E-state index contributed by atoms with van der Waals surface area (Å²) in [6, 6.07) is 35.0. The molecule has 0 saturated heterocycles. The summed E-state index contributed by atoms with van der Waals surface area (Å²) in [6.45, 7) is 4.30. The number of aryl methyl sites for hydroxylation is 1. The van der Waals surface area contributed by atoms with E-state index >= 15 is 0 Å². The smallest absolute Gasteiger partial charge is 0.138 e. The van der Waals surface area contributed by atoms with Crippen molar-refractivity contribution in [2.24, 2.45) is 0 Å². The van der Waals surface area contributed by atoms with Crippen LogP contribution < -0.4 is 0 Å². The first-order valence-electron chi connectivity index (χ1n) is 13.3. The van der Waals surface area contributed by atoms with E-state index in [4.69, 9.17) is 4.98 Å². The molecule has 8 rings (SSSR count). The van der Waals surface area contributed by atoms with E-state index in [0.717, 1.165) is 5.82 Å². The van der Waals surface area contributed by atoms with Crippen LogP contribution in [0.3, 0.4) is 0 Å². The van der Waals surface area contributed by atoms with Crippen LogP contribution in [0.4, 0.5) is 0 Å². The van der Waals surface area contributed by atoms with Crippen molar-refractivity contribution >= 4 is 70.3 Å². The Morgan fingerprint density at radius 3 is 1.95 bits per heavy atom. The number of fused-ring (bicyclic) bond motifs is 7. The van der Waals surface area contributed by atoms with E-state index in [9.17, 15) is 0 Å². The number of pyridine rings is 1. The third kappa shape index (κ3) is 3.19. The second-order valence-electron chi connectivity index (χ2n) is 10.1. The third-order valence-electron chi connectivity index (χ3n) is 7.89. The molecule has 0 aliphatic heterocycles. The summed E-state index contributed by atoms with van der Waals surface area (Å²) in [5, 5.41) is 6.29. The lowest BCUT2D eigenvalue weighted by atomic mass is 10.1. The van der Waals surface area contributed by atoms with E-state index < -0.39 is 0 Å². The molecule has 0 radical (unpaired) electrons. The summed E-state index contributed by atoms with van der Waals surface area (Å²) in [5.41, 5.74) is 7.29. The molecule has 39 heavy (non-hydrogen) atoms. The van der Waals surface area contributed by atoms with Gasteiger partial charge in [0.2, 0.25) is 0 Å². The Kier molecular flexibility index (Phi) is 4.82. The first-order chi connectivity index (χ1) is 19.2. The summed E-state index contributed by atoms with van der Waals surface area (Å²) in [7, 11) is 0. The van der Waals surface area contributed by atoms with Gasteiger partial charge in [-0.25, -0.2) is 4.98 Å². The van der Waals surface area contributed by atoms with Crippen molar-refractivity contribution in [1.82, 2.24) is 14.1 Å². The molecule has 0 N–H and O–H groups in total. The lowest BCUT2D eigenvalue weighted by Gasteiger charge is -2.10. The summed E-state index contributed by atoms with van der Waals surface area (Å²) < 4.78 is 7.16. The standard InChI is InChI=1S/C35H25N3S/c1-3-10-29-22(2)24-11-4-7-14-30(24)37(29)23-17-18-33-27(19-23)28-20-35(36-21-34(28)39-33)38-31-15-8-5-12-25(31)26-13-6-9-16-32(26)38/h3-21H,1-2H3/b10-3-. The van der Waals surface area contributed by atoms with Crippen molar-refractivity contribution < 1.29 is 0 Å².